The van der Waals surface area contributed by atoms with Crippen molar-refractivity contribution in [2.24, 2.45) is 17.8 Å². The van der Waals surface area contributed by atoms with Crippen molar-refractivity contribution in [1.29, 1.82) is 5.26 Å². The quantitative estimate of drug-likeness (QED) is 0.698. The summed E-state index contributed by atoms with van der Waals surface area (Å²) < 4.78 is 0. The molecular formula is C13H18N2O2. The molecule has 0 aromatic heterocycles. The number of carbonyl (C=O) groups is 2. The molecule has 0 aromatic carbocycles. The number of nitriles is 1. The van der Waals surface area contributed by atoms with Crippen molar-refractivity contribution in [3.05, 3.63) is 0 Å². The van der Waals surface area contributed by atoms with Crippen molar-refractivity contribution in [3.63, 3.8) is 0 Å². The van der Waals surface area contributed by atoms with Crippen molar-refractivity contribution in [1.82, 2.24) is 4.90 Å². The van der Waals surface area contributed by atoms with Crippen LogP contribution in [0.2, 0.25) is 0 Å². The second-order valence-corrected chi connectivity index (χ2v) is 5.27. The fourth-order valence-corrected chi connectivity index (χ4v) is 3.14. The van der Waals surface area contributed by atoms with E-state index in [-0.39, 0.29) is 23.7 Å². The third-order valence-corrected chi connectivity index (χ3v) is 3.93. The van der Waals surface area contributed by atoms with Gasteiger partial charge in [-0.1, -0.05) is 20.3 Å². The van der Waals surface area contributed by atoms with Gasteiger partial charge in [-0.15, -0.1) is 0 Å². The Bertz CT molecular complexity index is 361. The molecule has 1 heterocycles. The van der Waals surface area contributed by atoms with E-state index in [4.69, 9.17) is 5.26 Å². The Labute approximate surface area is 102 Å². The molecule has 2 fully saturated rings. The fraction of sp³-hybridized carbons (Fsp3) is 0.769. The van der Waals surface area contributed by atoms with Gasteiger partial charge in [0.25, 0.3) is 0 Å². The van der Waals surface area contributed by atoms with Gasteiger partial charge in [-0.2, -0.15) is 5.26 Å². The van der Waals surface area contributed by atoms with E-state index in [9.17, 15) is 9.59 Å². The SMILES string of the molecule is CCCC(C#N)N1C(=O)C2CC(C)CC2C1=O. The summed E-state index contributed by atoms with van der Waals surface area (Å²) >= 11 is 0. The number of hydrogen-bond acceptors (Lipinski definition) is 3. The van der Waals surface area contributed by atoms with Crippen LogP contribution in [0.1, 0.15) is 39.5 Å². The van der Waals surface area contributed by atoms with Crippen LogP contribution in [0.3, 0.4) is 0 Å². The first kappa shape index (κ1) is 12.1. The Morgan fingerprint density at radius 1 is 1.35 bits per heavy atom. The first-order valence-corrected chi connectivity index (χ1v) is 6.36. The van der Waals surface area contributed by atoms with Crippen LogP contribution in [0, 0.1) is 29.1 Å². The predicted molar refractivity (Wildman–Crippen MR) is 61.5 cm³/mol. The van der Waals surface area contributed by atoms with Crippen molar-refractivity contribution in [2.45, 2.75) is 45.6 Å². The first-order chi connectivity index (χ1) is 8.10. The van der Waals surface area contributed by atoms with Gasteiger partial charge in [0.1, 0.15) is 6.04 Å². The summed E-state index contributed by atoms with van der Waals surface area (Å²) in [6, 6.07) is 1.54. The zero-order valence-corrected chi connectivity index (χ0v) is 10.3. The van der Waals surface area contributed by atoms with E-state index in [0.29, 0.717) is 12.3 Å². The molecule has 0 bridgehead atoms. The maximum absolute atomic E-state index is 12.2. The third-order valence-electron chi connectivity index (χ3n) is 3.93. The number of imide groups is 1. The standard InChI is InChI=1S/C13H18N2O2/c1-3-4-9(7-14)15-12(16)10-5-8(2)6-11(10)13(15)17/h8-11H,3-6H2,1-2H3. The minimum Gasteiger partial charge on any atom is -0.274 e. The summed E-state index contributed by atoms with van der Waals surface area (Å²) in [5, 5.41) is 9.07. The van der Waals surface area contributed by atoms with Crippen LogP contribution < -0.4 is 0 Å². The molecule has 1 saturated carbocycles. The Hall–Kier alpha value is -1.37. The molecule has 2 rings (SSSR count). The largest absolute Gasteiger partial charge is 0.274 e. The van der Waals surface area contributed by atoms with E-state index >= 15 is 0 Å². The molecule has 1 saturated heterocycles. The molecule has 17 heavy (non-hydrogen) atoms. The number of nitrogens with zero attached hydrogens (tertiary/aromatic N) is 2. The summed E-state index contributed by atoms with van der Waals surface area (Å²) in [6.07, 6.45) is 3.00. The molecule has 0 aromatic rings. The number of carbonyl (C=O) groups excluding carboxylic acids is 2. The Kier molecular flexibility index (Phi) is 3.19. The van der Waals surface area contributed by atoms with Gasteiger partial charge in [-0.3, -0.25) is 14.5 Å². The van der Waals surface area contributed by atoms with Crippen LogP contribution in [0.25, 0.3) is 0 Å². The van der Waals surface area contributed by atoms with E-state index in [1.165, 1.54) is 4.90 Å². The summed E-state index contributed by atoms with van der Waals surface area (Å²) in [4.78, 5) is 25.6. The smallest absolute Gasteiger partial charge is 0.234 e. The molecule has 4 heteroatoms. The molecule has 2 aliphatic rings. The van der Waals surface area contributed by atoms with Crippen LogP contribution in [0.4, 0.5) is 0 Å². The Balaban J connectivity index is 2.20. The first-order valence-electron chi connectivity index (χ1n) is 6.36. The Morgan fingerprint density at radius 3 is 2.29 bits per heavy atom. The molecule has 3 unspecified atom stereocenters. The van der Waals surface area contributed by atoms with E-state index in [1.54, 1.807) is 0 Å². The van der Waals surface area contributed by atoms with Gasteiger partial charge in [0, 0.05) is 0 Å². The molecule has 4 nitrogen and oxygen atoms in total. The third kappa shape index (κ3) is 1.84. The molecule has 0 radical (unpaired) electrons. The fourth-order valence-electron chi connectivity index (χ4n) is 3.14. The van der Waals surface area contributed by atoms with E-state index in [2.05, 4.69) is 13.0 Å². The van der Waals surface area contributed by atoms with Crippen molar-refractivity contribution in [3.8, 4) is 6.07 Å². The molecule has 92 valence electrons. The van der Waals surface area contributed by atoms with Crippen LogP contribution in [-0.4, -0.2) is 22.8 Å². The highest BCUT2D eigenvalue weighted by atomic mass is 16.2. The van der Waals surface area contributed by atoms with Gasteiger partial charge >= 0.3 is 0 Å². The molecular weight excluding hydrogens is 216 g/mol. The van der Waals surface area contributed by atoms with E-state index in [0.717, 1.165) is 19.3 Å². The monoisotopic (exact) mass is 234 g/mol. The van der Waals surface area contributed by atoms with Crippen molar-refractivity contribution < 1.29 is 9.59 Å². The summed E-state index contributed by atoms with van der Waals surface area (Å²) in [5.74, 6) is -0.0594. The van der Waals surface area contributed by atoms with Crippen LogP contribution >= 0.6 is 0 Å². The molecule has 0 spiro atoms. The number of likely N-dealkylation sites (tertiary alicyclic amines) is 1. The lowest BCUT2D eigenvalue weighted by Gasteiger charge is -2.21. The lowest BCUT2D eigenvalue weighted by atomic mass is 10.00. The lowest BCUT2D eigenvalue weighted by Crippen LogP contribution is -2.40. The summed E-state index contributed by atoms with van der Waals surface area (Å²) in [7, 11) is 0. The highest BCUT2D eigenvalue weighted by molar-refractivity contribution is 6.06. The van der Waals surface area contributed by atoms with Crippen molar-refractivity contribution >= 4 is 11.8 Å². The second kappa shape index (κ2) is 4.48. The zero-order chi connectivity index (χ0) is 12.6. The maximum atomic E-state index is 12.2. The molecule has 1 aliphatic carbocycles. The average molecular weight is 234 g/mol. The van der Waals surface area contributed by atoms with Gasteiger partial charge < -0.3 is 0 Å². The van der Waals surface area contributed by atoms with Crippen LogP contribution in [0.5, 0.6) is 0 Å². The highest BCUT2D eigenvalue weighted by Gasteiger charge is 2.53. The summed E-state index contributed by atoms with van der Waals surface area (Å²) in [6.45, 7) is 4.04. The average Bonchev–Trinajstić information content (AvgIpc) is 2.78. The molecule has 1 aliphatic heterocycles. The van der Waals surface area contributed by atoms with Gasteiger partial charge in [0.15, 0.2) is 0 Å². The Morgan fingerprint density at radius 2 is 1.88 bits per heavy atom. The topological polar surface area (TPSA) is 61.2 Å². The predicted octanol–water partition coefficient (Wildman–Crippen LogP) is 1.71. The number of hydrogen-bond donors (Lipinski definition) is 0. The van der Waals surface area contributed by atoms with E-state index in [1.807, 2.05) is 6.92 Å². The van der Waals surface area contributed by atoms with Crippen LogP contribution in [-0.2, 0) is 9.59 Å². The number of rotatable bonds is 3. The highest BCUT2D eigenvalue weighted by Crippen LogP contribution is 2.43. The normalized spacial score (nSPS) is 33.7. The number of amides is 2. The van der Waals surface area contributed by atoms with E-state index < -0.39 is 6.04 Å². The lowest BCUT2D eigenvalue weighted by molar-refractivity contribution is -0.142. The molecule has 2 amide bonds. The zero-order valence-electron chi connectivity index (χ0n) is 10.3. The van der Waals surface area contributed by atoms with Crippen LogP contribution in [0.15, 0.2) is 0 Å². The number of fused-ring (bicyclic) bond motifs is 1. The van der Waals surface area contributed by atoms with Gasteiger partial charge in [0.05, 0.1) is 17.9 Å². The minimum atomic E-state index is -0.555. The van der Waals surface area contributed by atoms with Gasteiger partial charge in [0.2, 0.25) is 11.8 Å². The van der Waals surface area contributed by atoms with Gasteiger partial charge in [-0.25, -0.2) is 0 Å². The molecule has 0 N–H and O–H groups in total. The minimum absolute atomic E-state index is 0.107. The maximum Gasteiger partial charge on any atom is 0.234 e. The molecule has 3 atom stereocenters. The van der Waals surface area contributed by atoms with Gasteiger partial charge in [-0.05, 0) is 25.2 Å². The second-order valence-electron chi connectivity index (χ2n) is 5.27. The van der Waals surface area contributed by atoms with Crippen molar-refractivity contribution in [2.75, 3.05) is 0 Å². The summed E-state index contributed by atoms with van der Waals surface area (Å²) in [5.41, 5.74) is 0.